The van der Waals surface area contributed by atoms with Crippen molar-refractivity contribution in [3.63, 3.8) is 0 Å². The first kappa shape index (κ1) is 15.8. The molecular weight excluding hydrogens is 266 g/mol. The van der Waals surface area contributed by atoms with Gasteiger partial charge in [0.05, 0.1) is 6.04 Å². The molecule has 1 amide bonds. The molecule has 3 N–H and O–H groups in total. The minimum Gasteiger partial charge on any atom is -0.474 e. The second-order valence-electron chi connectivity index (χ2n) is 5.98. The van der Waals surface area contributed by atoms with Crippen LogP contribution in [0.25, 0.3) is 0 Å². The molecule has 2 rings (SSSR count). The maximum Gasteiger partial charge on any atom is 0.237 e. The molecule has 1 saturated carbocycles. The molecule has 116 valence electrons. The Balaban J connectivity index is 1.94. The predicted molar refractivity (Wildman–Crippen MR) is 81.8 cm³/mol. The number of carbonyl (C=O) groups is 1. The first-order valence-corrected chi connectivity index (χ1v) is 7.71. The second kappa shape index (κ2) is 7.41. The fraction of sp³-hybridized carbons (Fsp3) is 0.625. The molecule has 0 aromatic carbocycles. The smallest absolute Gasteiger partial charge is 0.237 e. The van der Waals surface area contributed by atoms with E-state index in [9.17, 15) is 4.79 Å². The zero-order valence-corrected chi connectivity index (χ0v) is 12.8. The van der Waals surface area contributed by atoms with Crippen molar-refractivity contribution in [2.24, 2.45) is 11.7 Å². The lowest BCUT2D eigenvalue weighted by molar-refractivity contribution is -0.123. The largest absolute Gasteiger partial charge is 0.474 e. The summed E-state index contributed by atoms with van der Waals surface area (Å²) in [5, 5.41) is 2.86. The lowest BCUT2D eigenvalue weighted by Gasteiger charge is -2.17. The van der Waals surface area contributed by atoms with Crippen LogP contribution in [0, 0.1) is 5.92 Å². The molecule has 0 radical (unpaired) electrons. The standard InChI is InChI=1S/C16H25N3O2/c1-11(2)14(17)15(20)19-10-12-6-5-9-18-16(12)21-13-7-3-4-8-13/h5-6,9,11,13-14H,3-4,7-8,10,17H2,1-2H3,(H,19,20)/t14-/m0/s1. The number of nitrogens with one attached hydrogen (secondary N) is 1. The summed E-state index contributed by atoms with van der Waals surface area (Å²) in [5.74, 6) is 0.608. The van der Waals surface area contributed by atoms with Crippen molar-refractivity contribution in [3.8, 4) is 5.88 Å². The highest BCUT2D eigenvalue weighted by Crippen LogP contribution is 2.24. The number of pyridine rings is 1. The highest BCUT2D eigenvalue weighted by Gasteiger charge is 2.20. The number of rotatable bonds is 6. The third-order valence-electron chi connectivity index (χ3n) is 3.90. The Bertz CT molecular complexity index is 470. The Morgan fingerprint density at radius 3 is 2.86 bits per heavy atom. The summed E-state index contributed by atoms with van der Waals surface area (Å²) in [7, 11) is 0. The van der Waals surface area contributed by atoms with Crippen LogP contribution in [0.4, 0.5) is 0 Å². The Morgan fingerprint density at radius 1 is 1.48 bits per heavy atom. The summed E-state index contributed by atoms with van der Waals surface area (Å²) in [6.45, 7) is 4.26. The quantitative estimate of drug-likeness (QED) is 0.840. The van der Waals surface area contributed by atoms with Crippen LogP contribution in [-0.2, 0) is 11.3 Å². The summed E-state index contributed by atoms with van der Waals surface area (Å²) in [6, 6.07) is 3.30. The van der Waals surface area contributed by atoms with Crippen molar-refractivity contribution < 1.29 is 9.53 Å². The van der Waals surface area contributed by atoms with E-state index in [0.717, 1.165) is 18.4 Å². The van der Waals surface area contributed by atoms with E-state index < -0.39 is 6.04 Å². The van der Waals surface area contributed by atoms with Gasteiger partial charge in [-0.1, -0.05) is 19.9 Å². The number of carbonyl (C=O) groups excluding carboxylic acids is 1. The van der Waals surface area contributed by atoms with Gasteiger partial charge in [-0.15, -0.1) is 0 Å². The van der Waals surface area contributed by atoms with E-state index in [1.54, 1.807) is 6.20 Å². The zero-order chi connectivity index (χ0) is 15.2. The molecule has 21 heavy (non-hydrogen) atoms. The van der Waals surface area contributed by atoms with Crippen molar-refractivity contribution in [1.82, 2.24) is 10.3 Å². The molecule has 0 unspecified atom stereocenters. The molecule has 1 fully saturated rings. The van der Waals surface area contributed by atoms with Crippen LogP contribution < -0.4 is 15.8 Å². The van der Waals surface area contributed by atoms with E-state index in [-0.39, 0.29) is 17.9 Å². The molecule has 0 spiro atoms. The topological polar surface area (TPSA) is 77.2 Å². The van der Waals surface area contributed by atoms with Gasteiger partial charge in [0.15, 0.2) is 0 Å². The van der Waals surface area contributed by atoms with Crippen LogP contribution >= 0.6 is 0 Å². The van der Waals surface area contributed by atoms with Crippen molar-refractivity contribution in [2.45, 2.75) is 58.2 Å². The van der Waals surface area contributed by atoms with E-state index in [1.807, 2.05) is 26.0 Å². The molecule has 0 aliphatic heterocycles. The summed E-state index contributed by atoms with van der Waals surface area (Å²) in [5.41, 5.74) is 6.73. The third kappa shape index (κ3) is 4.43. The van der Waals surface area contributed by atoms with Gasteiger partial charge >= 0.3 is 0 Å². The fourth-order valence-electron chi connectivity index (χ4n) is 2.43. The van der Waals surface area contributed by atoms with Crippen molar-refractivity contribution >= 4 is 5.91 Å². The van der Waals surface area contributed by atoms with Gasteiger partial charge in [-0.2, -0.15) is 0 Å². The Hall–Kier alpha value is -1.62. The fourth-order valence-corrected chi connectivity index (χ4v) is 2.43. The molecule has 1 aromatic rings. The highest BCUT2D eigenvalue weighted by molar-refractivity contribution is 5.81. The number of hydrogen-bond donors (Lipinski definition) is 2. The van der Waals surface area contributed by atoms with Gasteiger partial charge in [-0.05, 0) is 37.7 Å². The minimum atomic E-state index is -0.485. The normalized spacial score (nSPS) is 17.0. The number of hydrogen-bond acceptors (Lipinski definition) is 4. The number of aromatic nitrogens is 1. The Morgan fingerprint density at radius 2 is 2.19 bits per heavy atom. The predicted octanol–water partition coefficient (Wildman–Crippen LogP) is 2.00. The van der Waals surface area contributed by atoms with Gasteiger partial charge in [0.2, 0.25) is 11.8 Å². The van der Waals surface area contributed by atoms with E-state index in [4.69, 9.17) is 10.5 Å². The molecule has 1 heterocycles. The maximum absolute atomic E-state index is 11.9. The van der Waals surface area contributed by atoms with Gasteiger partial charge in [-0.25, -0.2) is 4.98 Å². The zero-order valence-electron chi connectivity index (χ0n) is 12.8. The summed E-state index contributed by atoms with van der Waals surface area (Å²) < 4.78 is 5.95. The van der Waals surface area contributed by atoms with Crippen LogP contribution in [0.2, 0.25) is 0 Å². The molecule has 0 saturated heterocycles. The number of nitrogens with two attached hydrogens (primary N) is 1. The first-order valence-electron chi connectivity index (χ1n) is 7.71. The van der Waals surface area contributed by atoms with Crippen molar-refractivity contribution in [1.29, 1.82) is 0 Å². The highest BCUT2D eigenvalue weighted by atomic mass is 16.5. The van der Waals surface area contributed by atoms with Gasteiger partial charge in [0.25, 0.3) is 0 Å². The minimum absolute atomic E-state index is 0.119. The molecule has 1 aromatic heterocycles. The SMILES string of the molecule is CC(C)[C@H](N)C(=O)NCc1cccnc1OC1CCCC1. The molecular formula is C16H25N3O2. The van der Waals surface area contributed by atoms with Crippen LogP contribution in [0.15, 0.2) is 18.3 Å². The Kier molecular flexibility index (Phi) is 5.56. The van der Waals surface area contributed by atoms with E-state index in [0.29, 0.717) is 12.4 Å². The van der Waals surface area contributed by atoms with Gasteiger partial charge in [0.1, 0.15) is 6.10 Å². The lowest BCUT2D eigenvalue weighted by atomic mass is 10.1. The Labute approximate surface area is 126 Å². The molecule has 0 bridgehead atoms. The van der Waals surface area contributed by atoms with E-state index in [1.165, 1.54) is 12.8 Å². The molecule has 1 aliphatic carbocycles. The van der Waals surface area contributed by atoms with Crippen LogP contribution in [0.5, 0.6) is 5.88 Å². The van der Waals surface area contributed by atoms with Crippen molar-refractivity contribution in [3.05, 3.63) is 23.9 Å². The van der Waals surface area contributed by atoms with Crippen LogP contribution in [-0.4, -0.2) is 23.0 Å². The van der Waals surface area contributed by atoms with E-state index in [2.05, 4.69) is 10.3 Å². The maximum atomic E-state index is 11.9. The lowest BCUT2D eigenvalue weighted by Crippen LogP contribution is -2.43. The van der Waals surface area contributed by atoms with Crippen molar-refractivity contribution in [2.75, 3.05) is 0 Å². The number of ether oxygens (including phenoxy) is 1. The van der Waals surface area contributed by atoms with Gasteiger partial charge in [0, 0.05) is 18.3 Å². The molecule has 5 nitrogen and oxygen atoms in total. The van der Waals surface area contributed by atoms with Crippen LogP contribution in [0.3, 0.4) is 0 Å². The molecule has 5 heteroatoms. The summed E-state index contributed by atoms with van der Waals surface area (Å²) in [4.78, 5) is 16.2. The number of amides is 1. The van der Waals surface area contributed by atoms with Gasteiger partial charge in [-0.3, -0.25) is 4.79 Å². The molecule has 1 aliphatic rings. The average Bonchev–Trinajstić information content (AvgIpc) is 2.98. The van der Waals surface area contributed by atoms with Crippen LogP contribution in [0.1, 0.15) is 45.1 Å². The summed E-state index contributed by atoms with van der Waals surface area (Å²) in [6.07, 6.45) is 6.57. The second-order valence-corrected chi connectivity index (χ2v) is 5.98. The average molecular weight is 291 g/mol. The molecule has 1 atom stereocenters. The van der Waals surface area contributed by atoms with E-state index >= 15 is 0 Å². The monoisotopic (exact) mass is 291 g/mol. The summed E-state index contributed by atoms with van der Waals surface area (Å²) >= 11 is 0. The third-order valence-corrected chi connectivity index (χ3v) is 3.90. The first-order chi connectivity index (χ1) is 10.1. The number of nitrogens with zero attached hydrogens (tertiary/aromatic N) is 1. The van der Waals surface area contributed by atoms with Gasteiger partial charge < -0.3 is 15.8 Å².